The van der Waals surface area contributed by atoms with Gasteiger partial charge in [-0.15, -0.1) is 0 Å². The van der Waals surface area contributed by atoms with Crippen molar-refractivity contribution >= 4 is 17.4 Å². The molecule has 0 atom stereocenters. The molecule has 0 spiro atoms. The fourth-order valence-electron chi connectivity index (χ4n) is 3.08. The van der Waals surface area contributed by atoms with Crippen LogP contribution in [0.15, 0.2) is 60.7 Å². The summed E-state index contributed by atoms with van der Waals surface area (Å²) in [6.07, 6.45) is 1.50. The lowest BCUT2D eigenvalue weighted by Crippen LogP contribution is -2.47. The molecule has 132 valence electrons. The second kappa shape index (κ2) is 8.14. The Bertz CT molecular complexity index is 630. The predicted molar refractivity (Wildman–Crippen MR) is 98.0 cm³/mol. The number of amides is 2. The highest BCUT2D eigenvalue weighted by Gasteiger charge is 2.33. The Balaban J connectivity index is 1.78. The molecular formula is C20H24N2O3. The third-order valence-electron chi connectivity index (χ3n) is 4.74. The normalized spacial score (nSPS) is 16.2. The zero-order valence-corrected chi connectivity index (χ0v) is 14.2. The molecule has 1 aliphatic rings. The van der Waals surface area contributed by atoms with E-state index in [4.69, 9.17) is 4.74 Å². The van der Waals surface area contributed by atoms with Crippen LogP contribution in [-0.4, -0.2) is 37.5 Å². The summed E-state index contributed by atoms with van der Waals surface area (Å²) in [6, 6.07) is 18.9. The lowest BCUT2D eigenvalue weighted by molar-refractivity contribution is -0.0137. The smallest absolute Gasteiger partial charge is 0.326 e. The van der Waals surface area contributed by atoms with Gasteiger partial charge in [-0.05, 0) is 37.1 Å². The summed E-state index contributed by atoms with van der Waals surface area (Å²) < 4.78 is 5.39. The molecule has 2 N–H and O–H groups in total. The Morgan fingerprint density at radius 1 is 1.00 bits per heavy atom. The van der Waals surface area contributed by atoms with E-state index in [2.05, 4.69) is 5.32 Å². The second-order valence-electron chi connectivity index (χ2n) is 6.44. The lowest BCUT2D eigenvalue weighted by Gasteiger charge is -2.36. The first-order valence-corrected chi connectivity index (χ1v) is 8.61. The number of hydrogen-bond donors (Lipinski definition) is 2. The second-order valence-corrected chi connectivity index (χ2v) is 6.44. The largest absolute Gasteiger partial charge is 0.396 e. The van der Waals surface area contributed by atoms with Crippen molar-refractivity contribution in [2.75, 3.05) is 31.3 Å². The van der Waals surface area contributed by atoms with Crippen LogP contribution in [0, 0.1) is 5.41 Å². The highest BCUT2D eigenvalue weighted by molar-refractivity contribution is 5.99. The van der Waals surface area contributed by atoms with Crippen molar-refractivity contribution in [1.82, 2.24) is 5.32 Å². The summed E-state index contributed by atoms with van der Waals surface area (Å²) in [5.41, 5.74) is 1.31. The Kier molecular flexibility index (Phi) is 5.68. The molecule has 5 nitrogen and oxygen atoms in total. The summed E-state index contributed by atoms with van der Waals surface area (Å²) in [7, 11) is 0. The average Bonchev–Trinajstić information content (AvgIpc) is 2.69. The van der Waals surface area contributed by atoms with Crippen molar-refractivity contribution < 1.29 is 14.6 Å². The molecule has 2 aromatic rings. The molecule has 0 aliphatic carbocycles. The molecule has 0 saturated carbocycles. The SMILES string of the molecule is O=C(NCC1(CO)CCOCC1)N(c1ccccc1)c1ccccc1. The Labute approximate surface area is 148 Å². The van der Waals surface area contributed by atoms with Crippen molar-refractivity contribution in [2.45, 2.75) is 12.8 Å². The molecule has 3 rings (SSSR count). The van der Waals surface area contributed by atoms with Gasteiger partial charge in [-0.2, -0.15) is 0 Å². The highest BCUT2D eigenvalue weighted by atomic mass is 16.5. The van der Waals surface area contributed by atoms with Crippen LogP contribution in [0.4, 0.5) is 16.2 Å². The van der Waals surface area contributed by atoms with Crippen molar-refractivity contribution in [2.24, 2.45) is 5.41 Å². The standard InChI is InChI=1S/C20H24N2O3/c23-16-20(11-13-25-14-12-20)15-21-19(24)22(17-7-3-1-4-8-17)18-9-5-2-6-10-18/h1-10,23H,11-16H2,(H,21,24). The van der Waals surface area contributed by atoms with E-state index < -0.39 is 0 Å². The van der Waals surface area contributed by atoms with Gasteiger partial charge in [-0.1, -0.05) is 36.4 Å². The van der Waals surface area contributed by atoms with E-state index >= 15 is 0 Å². The maximum atomic E-state index is 12.9. The van der Waals surface area contributed by atoms with Gasteiger partial charge in [-0.3, -0.25) is 4.90 Å². The van der Waals surface area contributed by atoms with Crippen molar-refractivity contribution in [3.8, 4) is 0 Å². The summed E-state index contributed by atoms with van der Waals surface area (Å²) >= 11 is 0. The summed E-state index contributed by atoms with van der Waals surface area (Å²) in [5.74, 6) is 0. The molecule has 5 heteroatoms. The van der Waals surface area contributed by atoms with E-state index in [1.807, 2.05) is 60.7 Å². The van der Waals surface area contributed by atoms with E-state index in [-0.39, 0.29) is 18.1 Å². The first-order chi connectivity index (χ1) is 12.2. The number of carbonyl (C=O) groups is 1. The molecule has 1 saturated heterocycles. The molecule has 1 heterocycles. The predicted octanol–water partition coefficient (Wildman–Crippen LogP) is 3.32. The number of carbonyl (C=O) groups excluding carboxylic acids is 1. The Morgan fingerprint density at radius 3 is 2.00 bits per heavy atom. The van der Waals surface area contributed by atoms with E-state index in [1.54, 1.807) is 4.90 Å². The molecule has 0 bridgehead atoms. The minimum atomic E-state index is -0.299. The molecule has 0 radical (unpaired) electrons. The first-order valence-electron chi connectivity index (χ1n) is 8.61. The van der Waals surface area contributed by atoms with E-state index in [9.17, 15) is 9.90 Å². The number of nitrogens with one attached hydrogen (secondary N) is 1. The Morgan fingerprint density at radius 2 is 1.52 bits per heavy atom. The zero-order valence-electron chi connectivity index (χ0n) is 14.2. The highest BCUT2D eigenvalue weighted by Crippen LogP contribution is 2.30. The van der Waals surface area contributed by atoms with Crippen LogP contribution in [0.1, 0.15) is 12.8 Å². The van der Waals surface area contributed by atoms with Crippen LogP contribution >= 0.6 is 0 Å². The first kappa shape index (κ1) is 17.5. The number of urea groups is 1. The fourth-order valence-corrected chi connectivity index (χ4v) is 3.08. The van der Waals surface area contributed by atoms with Gasteiger partial charge in [0.25, 0.3) is 0 Å². The van der Waals surface area contributed by atoms with Crippen LogP contribution in [0.2, 0.25) is 0 Å². The molecule has 0 unspecified atom stereocenters. The van der Waals surface area contributed by atoms with Gasteiger partial charge in [0.1, 0.15) is 0 Å². The number of aliphatic hydroxyl groups excluding tert-OH is 1. The number of hydrogen-bond acceptors (Lipinski definition) is 3. The molecule has 25 heavy (non-hydrogen) atoms. The van der Waals surface area contributed by atoms with Crippen LogP contribution in [-0.2, 0) is 4.74 Å². The van der Waals surface area contributed by atoms with Gasteiger partial charge in [0.2, 0.25) is 0 Å². The fraction of sp³-hybridized carbons (Fsp3) is 0.350. The van der Waals surface area contributed by atoms with Gasteiger partial charge in [-0.25, -0.2) is 4.79 Å². The van der Waals surface area contributed by atoms with Crippen molar-refractivity contribution in [3.63, 3.8) is 0 Å². The maximum Gasteiger partial charge on any atom is 0.326 e. The topological polar surface area (TPSA) is 61.8 Å². The quantitative estimate of drug-likeness (QED) is 0.878. The van der Waals surface area contributed by atoms with Crippen LogP contribution in [0.25, 0.3) is 0 Å². The third-order valence-corrected chi connectivity index (χ3v) is 4.74. The van der Waals surface area contributed by atoms with Gasteiger partial charge < -0.3 is 15.2 Å². The lowest BCUT2D eigenvalue weighted by atomic mass is 9.81. The van der Waals surface area contributed by atoms with E-state index in [0.29, 0.717) is 19.8 Å². The Hall–Kier alpha value is -2.37. The molecule has 0 aromatic heterocycles. The summed E-state index contributed by atoms with van der Waals surface area (Å²) in [6.45, 7) is 1.73. The van der Waals surface area contributed by atoms with E-state index in [1.165, 1.54) is 0 Å². The summed E-state index contributed by atoms with van der Waals surface area (Å²) in [4.78, 5) is 14.6. The van der Waals surface area contributed by atoms with Crippen LogP contribution in [0.3, 0.4) is 0 Å². The van der Waals surface area contributed by atoms with E-state index in [0.717, 1.165) is 24.2 Å². The van der Waals surface area contributed by atoms with Gasteiger partial charge >= 0.3 is 6.03 Å². The van der Waals surface area contributed by atoms with Crippen LogP contribution < -0.4 is 10.2 Å². The number of para-hydroxylation sites is 2. The number of anilines is 2. The van der Waals surface area contributed by atoms with Gasteiger partial charge in [0, 0.05) is 25.2 Å². The molecule has 1 aliphatic heterocycles. The number of aliphatic hydroxyl groups is 1. The minimum absolute atomic E-state index is 0.0489. The molecule has 1 fully saturated rings. The zero-order chi connectivity index (χ0) is 17.5. The minimum Gasteiger partial charge on any atom is -0.396 e. The third kappa shape index (κ3) is 4.18. The maximum absolute atomic E-state index is 12.9. The van der Waals surface area contributed by atoms with Gasteiger partial charge in [0.15, 0.2) is 0 Å². The number of rotatable bonds is 5. The molecular weight excluding hydrogens is 316 g/mol. The number of benzene rings is 2. The van der Waals surface area contributed by atoms with Crippen LogP contribution in [0.5, 0.6) is 0 Å². The van der Waals surface area contributed by atoms with Gasteiger partial charge in [0.05, 0.1) is 18.0 Å². The number of ether oxygens (including phenoxy) is 1. The molecule has 2 amide bonds. The van der Waals surface area contributed by atoms with Crippen molar-refractivity contribution in [1.29, 1.82) is 0 Å². The average molecular weight is 340 g/mol. The van der Waals surface area contributed by atoms with Crippen molar-refractivity contribution in [3.05, 3.63) is 60.7 Å². The summed E-state index contributed by atoms with van der Waals surface area (Å²) in [5, 5.41) is 12.8. The molecule has 2 aromatic carbocycles. The monoisotopic (exact) mass is 340 g/mol. The number of nitrogens with zero attached hydrogens (tertiary/aromatic N) is 1.